The van der Waals surface area contributed by atoms with Crippen molar-refractivity contribution in [3.05, 3.63) is 68.4 Å². The van der Waals surface area contributed by atoms with E-state index in [0.717, 1.165) is 15.6 Å². The van der Waals surface area contributed by atoms with Crippen LogP contribution >= 0.6 is 27.5 Å². The third-order valence-corrected chi connectivity index (χ3v) is 4.13. The van der Waals surface area contributed by atoms with Crippen molar-refractivity contribution in [1.82, 2.24) is 5.43 Å². The summed E-state index contributed by atoms with van der Waals surface area (Å²) in [7, 11) is 0. The zero-order valence-corrected chi connectivity index (χ0v) is 13.3. The molecule has 106 valence electrons. The van der Waals surface area contributed by atoms with Crippen LogP contribution < -0.4 is 11.3 Å². The van der Waals surface area contributed by atoms with Crippen molar-refractivity contribution >= 4 is 27.5 Å². The Labute approximate surface area is 131 Å². The number of hydrazine groups is 1. The number of aryl methyl sites for hydroxylation is 1. The lowest BCUT2D eigenvalue weighted by Gasteiger charge is -2.20. The second kappa shape index (κ2) is 6.68. The van der Waals surface area contributed by atoms with Crippen molar-refractivity contribution in [1.29, 1.82) is 0 Å². The number of rotatable bonds is 4. The Balaban J connectivity index is 2.34. The first-order chi connectivity index (χ1) is 9.52. The molecular weight excluding hydrogens is 343 g/mol. The molecule has 20 heavy (non-hydrogen) atoms. The fraction of sp³-hybridized carbons (Fsp3) is 0.200. The van der Waals surface area contributed by atoms with Crippen LogP contribution in [0.1, 0.15) is 22.7 Å². The van der Waals surface area contributed by atoms with E-state index in [2.05, 4.69) is 21.4 Å². The van der Waals surface area contributed by atoms with Crippen molar-refractivity contribution < 1.29 is 4.39 Å². The minimum absolute atomic E-state index is 0.197. The summed E-state index contributed by atoms with van der Waals surface area (Å²) in [5.41, 5.74) is 5.31. The number of hydrogen-bond acceptors (Lipinski definition) is 2. The fourth-order valence-electron chi connectivity index (χ4n) is 2.22. The van der Waals surface area contributed by atoms with Crippen LogP contribution in [0.4, 0.5) is 4.39 Å². The predicted molar refractivity (Wildman–Crippen MR) is 84.1 cm³/mol. The van der Waals surface area contributed by atoms with Gasteiger partial charge in [0.2, 0.25) is 0 Å². The lowest BCUT2D eigenvalue weighted by atomic mass is 9.95. The zero-order chi connectivity index (χ0) is 14.7. The first-order valence-electron chi connectivity index (χ1n) is 6.18. The van der Waals surface area contributed by atoms with Gasteiger partial charge in [0.1, 0.15) is 5.82 Å². The van der Waals surface area contributed by atoms with Gasteiger partial charge in [-0.25, -0.2) is 4.39 Å². The van der Waals surface area contributed by atoms with Crippen molar-refractivity contribution in [3.63, 3.8) is 0 Å². The van der Waals surface area contributed by atoms with Crippen LogP contribution in [0, 0.1) is 12.7 Å². The molecule has 0 saturated carbocycles. The van der Waals surface area contributed by atoms with E-state index in [0.29, 0.717) is 17.0 Å². The Bertz CT molecular complexity index is 599. The summed E-state index contributed by atoms with van der Waals surface area (Å²) >= 11 is 9.49. The van der Waals surface area contributed by atoms with Crippen LogP contribution in [0.15, 0.2) is 40.9 Å². The lowest BCUT2D eigenvalue weighted by molar-refractivity contribution is 0.527. The average molecular weight is 358 g/mol. The first kappa shape index (κ1) is 15.4. The largest absolute Gasteiger partial charge is 0.271 e. The van der Waals surface area contributed by atoms with Crippen molar-refractivity contribution in [2.45, 2.75) is 19.4 Å². The monoisotopic (exact) mass is 356 g/mol. The smallest absolute Gasteiger partial charge is 0.127 e. The van der Waals surface area contributed by atoms with E-state index < -0.39 is 0 Å². The molecule has 2 aromatic rings. The fourth-order valence-corrected chi connectivity index (χ4v) is 2.94. The number of benzene rings is 2. The van der Waals surface area contributed by atoms with E-state index in [1.165, 1.54) is 6.07 Å². The van der Waals surface area contributed by atoms with Gasteiger partial charge in [-0.15, -0.1) is 0 Å². The number of nitrogens with two attached hydrogens (primary N) is 1. The second-order valence-electron chi connectivity index (χ2n) is 4.62. The third kappa shape index (κ3) is 3.38. The minimum atomic E-state index is -0.312. The summed E-state index contributed by atoms with van der Waals surface area (Å²) in [4.78, 5) is 0. The Morgan fingerprint density at radius 2 is 2.10 bits per heavy atom. The highest BCUT2D eigenvalue weighted by Gasteiger charge is 2.17. The molecule has 0 heterocycles. The van der Waals surface area contributed by atoms with Crippen LogP contribution in [0.3, 0.4) is 0 Å². The van der Waals surface area contributed by atoms with Gasteiger partial charge in [-0.05, 0) is 48.7 Å². The molecule has 3 N–H and O–H groups in total. The first-order valence-corrected chi connectivity index (χ1v) is 7.35. The highest BCUT2D eigenvalue weighted by Crippen LogP contribution is 2.28. The van der Waals surface area contributed by atoms with Crippen LogP contribution in [0.25, 0.3) is 0 Å². The van der Waals surface area contributed by atoms with Crippen molar-refractivity contribution in [2.24, 2.45) is 5.84 Å². The van der Waals surface area contributed by atoms with Crippen molar-refractivity contribution in [3.8, 4) is 0 Å². The Kier molecular flexibility index (Phi) is 5.16. The lowest BCUT2D eigenvalue weighted by Crippen LogP contribution is -2.30. The molecule has 0 spiro atoms. The van der Waals surface area contributed by atoms with E-state index in [-0.39, 0.29) is 11.9 Å². The highest BCUT2D eigenvalue weighted by atomic mass is 79.9. The van der Waals surface area contributed by atoms with Gasteiger partial charge in [0.15, 0.2) is 0 Å². The van der Waals surface area contributed by atoms with Gasteiger partial charge in [0, 0.05) is 15.1 Å². The summed E-state index contributed by atoms with van der Waals surface area (Å²) in [6.45, 7) is 1.99. The summed E-state index contributed by atoms with van der Waals surface area (Å²) in [6, 6.07) is 10.4. The Morgan fingerprint density at radius 1 is 1.35 bits per heavy atom. The molecule has 2 nitrogen and oxygen atoms in total. The van der Waals surface area contributed by atoms with Crippen molar-refractivity contribution in [2.75, 3.05) is 0 Å². The number of nitrogens with one attached hydrogen (secondary N) is 1. The predicted octanol–water partition coefficient (Wildman–Crippen LogP) is 4.30. The summed E-state index contributed by atoms with van der Waals surface area (Å²) in [5.74, 6) is 5.32. The van der Waals surface area contributed by atoms with Gasteiger partial charge in [-0.2, -0.15) is 0 Å². The van der Waals surface area contributed by atoms with E-state index >= 15 is 0 Å². The Morgan fingerprint density at radius 3 is 2.70 bits per heavy atom. The van der Waals surface area contributed by atoms with Gasteiger partial charge < -0.3 is 0 Å². The summed E-state index contributed by atoms with van der Waals surface area (Å²) in [5, 5.41) is 0.417. The van der Waals surface area contributed by atoms with Gasteiger partial charge >= 0.3 is 0 Å². The van der Waals surface area contributed by atoms with Crippen LogP contribution in [0.5, 0.6) is 0 Å². The molecule has 0 aliphatic heterocycles. The molecule has 0 fully saturated rings. The molecule has 0 aromatic heterocycles. The van der Waals surface area contributed by atoms with E-state index in [1.807, 2.05) is 25.1 Å². The molecule has 1 unspecified atom stereocenters. The zero-order valence-electron chi connectivity index (χ0n) is 11.0. The van der Waals surface area contributed by atoms with Gasteiger partial charge in [0.25, 0.3) is 0 Å². The third-order valence-electron chi connectivity index (χ3n) is 3.28. The molecule has 0 amide bonds. The maximum atomic E-state index is 13.9. The molecule has 0 radical (unpaired) electrons. The number of hydrogen-bond donors (Lipinski definition) is 2. The van der Waals surface area contributed by atoms with Gasteiger partial charge in [-0.1, -0.05) is 39.7 Å². The molecule has 2 rings (SSSR count). The molecule has 0 bridgehead atoms. The van der Waals surface area contributed by atoms with E-state index in [9.17, 15) is 4.39 Å². The molecule has 5 heteroatoms. The molecule has 0 aliphatic rings. The maximum absolute atomic E-state index is 13.9. The normalized spacial score (nSPS) is 12.4. The SMILES string of the molecule is Cc1cc(Br)ccc1C(Cc1c(F)cccc1Cl)NN. The van der Waals surface area contributed by atoms with Gasteiger partial charge in [0.05, 0.1) is 6.04 Å². The highest BCUT2D eigenvalue weighted by molar-refractivity contribution is 9.10. The molecule has 0 aliphatic carbocycles. The quantitative estimate of drug-likeness (QED) is 0.632. The number of halogens is 3. The topological polar surface area (TPSA) is 38.0 Å². The van der Waals surface area contributed by atoms with Crippen LogP contribution in [0.2, 0.25) is 5.02 Å². The molecule has 1 atom stereocenters. The minimum Gasteiger partial charge on any atom is -0.271 e. The molecule has 2 aromatic carbocycles. The Hall–Kier alpha value is -0.940. The van der Waals surface area contributed by atoms with Crippen LogP contribution in [-0.2, 0) is 6.42 Å². The van der Waals surface area contributed by atoms with Crippen LogP contribution in [-0.4, -0.2) is 0 Å². The molecule has 0 saturated heterocycles. The van der Waals surface area contributed by atoms with E-state index in [4.69, 9.17) is 17.4 Å². The summed E-state index contributed by atoms with van der Waals surface area (Å²) < 4.78 is 14.9. The maximum Gasteiger partial charge on any atom is 0.127 e. The second-order valence-corrected chi connectivity index (χ2v) is 5.95. The summed E-state index contributed by atoms with van der Waals surface area (Å²) in [6.07, 6.45) is 0.393. The van der Waals surface area contributed by atoms with Gasteiger partial charge in [-0.3, -0.25) is 11.3 Å². The molecular formula is C15H15BrClFN2. The average Bonchev–Trinajstić information content (AvgIpc) is 2.40. The standard InChI is InChI=1S/C15H15BrClFN2/c1-9-7-10(16)5-6-11(9)15(20-19)8-12-13(17)3-2-4-14(12)18/h2-7,15,20H,8,19H2,1H3. The van der Waals surface area contributed by atoms with E-state index in [1.54, 1.807) is 12.1 Å².